The summed E-state index contributed by atoms with van der Waals surface area (Å²) in [5.41, 5.74) is 3.23. The van der Waals surface area contributed by atoms with Crippen LogP contribution in [0.25, 0.3) is 33.4 Å². The van der Waals surface area contributed by atoms with Gasteiger partial charge < -0.3 is 14.2 Å². The molecular formula is C27H20N4O4S. The highest BCUT2D eigenvalue weighted by atomic mass is 32.2. The fourth-order valence-electron chi connectivity index (χ4n) is 4.88. The molecule has 4 heterocycles. The molecule has 2 aliphatic rings. The molecule has 0 amide bonds. The molecule has 1 N–H and O–H groups in total. The second-order valence-electron chi connectivity index (χ2n) is 9.00. The third-order valence-corrected chi connectivity index (χ3v) is 7.88. The minimum atomic E-state index is -0.713. The lowest BCUT2D eigenvalue weighted by molar-refractivity contribution is -0.138. The minimum Gasteiger partial charge on any atom is -0.391 e. The number of carbonyl (C=O) groups excluding carboxylic acids is 1. The summed E-state index contributed by atoms with van der Waals surface area (Å²) in [6.45, 7) is 0. The summed E-state index contributed by atoms with van der Waals surface area (Å²) in [5.74, 6) is 0.795. The van der Waals surface area contributed by atoms with E-state index in [2.05, 4.69) is 33.3 Å². The molecule has 1 atom stereocenters. The molecule has 36 heavy (non-hydrogen) atoms. The largest absolute Gasteiger partial charge is 0.391 e. The fourth-order valence-corrected chi connectivity index (χ4v) is 6.27. The number of H-pyrrole nitrogens is 1. The molecule has 0 radical (unpaired) electrons. The zero-order valence-corrected chi connectivity index (χ0v) is 19.8. The van der Waals surface area contributed by atoms with E-state index in [1.54, 1.807) is 16.8 Å². The first-order valence-corrected chi connectivity index (χ1v) is 12.7. The van der Waals surface area contributed by atoms with Crippen molar-refractivity contribution in [3.8, 4) is 28.6 Å². The Labute approximate surface area is 209 Å². The van der Waals surface area contributed by atoms with E-state index < -0.39 is 12.0 Å². The van der Waals surface area contributed by atoms with Crippen molar-refractivity contribution in [2.45, 2.75) is 29.8 Å². The van der Waals surface area contributed by atoms with E-state index in [0.717, 1.165) is 51.0 Å². The maximum absolute atomic E-state index is 13.3. The van der Waals surface area contributed by atoms with Crippen LogP contribution in [-0.4, -0.2) is 31.4 Å². The zero-order valence-electron chi connectivity index (χ0n) is 19.0. The van der Waals surface area contributed by atoms with Crippen LogP contribution in [-0.2, 0) is 4.79 Å². The predicted molar refractivity (Wildman–Crippen MR) is 135 cm³/mol. The summed E-state index contributed by atoms with van der Waals surface area (Å²) in [6, 6.07) is 17.1. The van der Waals surface area contributed by atoms with Gasteiger partial charge in [0.1, 0.15) is 11.7 Å². The quantitative estimate of drug-likeness (QED) is 0.335. The maximum Gasteiger partial charge on any atom is 0.337 e. The van der Waals surface area contributed by atoms with E-state index in [1.807, 2.05) is 30.3 Å². The van der Waals surface area contributed by atoms with Crippen LogP contribution in [0.1, 0.15) is 30.4 Å². The van der Waals surface area contributed by atoms with Gasteiger partial charge in [0.05, 0.1) is 5.03 Å². The molecule has 0 saturated heterocycles. The number of nitrogens with one attached hydrogen (secondary N) is 1. The highest BCUT2D eigenvalue weighted by Crippen LogP contribution is 2.50. The van der Waals surface area contributed by atoms with Crippen LogP contribution in [0.3, 0.4) is 0 Å². The number of carbonyl (C=O) groups is 1. The third kappa shape index (κ3) is 3.46. The maximum atomic E-state index is 13.3. The minimum absolute atomic E-state index is 0.119. The summed E-state index contributed by atoms with van der Waals surface area (Å²) < 4.78 is 12.7. The second kappa shape index (κ2) is 8.23. The average molecular weight is 497 g/mol. The number of pyridine rings is 1. The molecule has 1 aliphatic carbocycles. The number of benzene rings is 2. The number of rotatable bonds is 5. The molecule has 1 aliphatic heterocycles. The smallest absolute Gasteiger partial charge is 0.337 e. The van der Waals surface area contributed by atoms with Crippen LogP contribution < -0.4 is 10.3 Å². The molecule has 7 rings (SSSR count). The Kier molecular flexibility index (Phi) is 4.85. The number of hydrogen-bond donors (Lipinski definition) is 1. The molecule has 3 aromatic heterocycles. The van der Waals surface area contributed by atoms with E-state index >= 15 is 0 Å². The van der Waals surface area contributed by atoms with Gasteiger partial charge in [-0.3, -0.25) is 9.36 Å². The summed E-state index contributed by atoms with van der Waals surface area (Å²) in [6.07, 6.45) is 5.15. The molecule has 8 nitrogen and oxygen atoms in total. The Morgan fingerprint density at radius 3 is 2.81 bits per heavy atom. The normalized spacial score (nSPS) is 16.8. The molecule has 1 saturated carbocycles. The molecule has 2 aromatic carbocycles. The fraction of sp³-hybridized carbons (Fsp3) is 0.185. The second-order valence-corrected chi connectivity index (χ2v) is 10.0. The Hall–Kier alpha value is -4.11. The van der Waals surface area contributed by atoms with Gasteiger partial charge in [-0.05, 0) is 35.1 Å². The molecule has 0 bridgehead atoms. The van der Waals surface area contributed by atoms with E-state index in [9.17, 15) is 9.59 Å². The van der Waals surface area contributed by atoms with Gasteiger partial charge in [-0.2, -0.15) is 0 Å². The van der Waals surface area contributed by atoms with Gasteiger partial charge in [-0.1, -0.05) is 47.6 Å². The number of hydrogen-bond acceptors (Lipinski definition) is 7. The molecule has 5 aromatic rings. The van der Waals surface area contributed by atoms with E-state index in [-0.39, 0.29) is 11.6 Å². The van der Waals surface area contributed by atoms with Crippen molar-refractivity contribution in [3.63, 3.8) is 0 Å². The Balaban J connectivity index is 1.30. The van der Waals surface area contributed by atoms with Crippen LogP contribution in [0.4, 0.5) is 0 Å². The first-order chi connectivity index (χ1) is 17.7. The average Bonchev–Trinajstić information content (AvgIpc) is 3.28. The Morgan fingerprint density at radius 1 is 1.11 bits per heavy atom. The van der Waals surface area contributed by atoms with E-state index in [1.165, 1.54) is 18.0 Å². The highest BCUT2D eigenvalue weighted by molar-refractivity contribution is 7.99. The van der Waals surface area contributed by atoms with Crippen LogP contribution in [0.5, 0.6) is 6.01 Å². The van der Waals surface area contributed by atoms with Crippen molar-refractivity contribution in [1.82, 2.24) is 19.7 Å². The zero-order chi connectivity index (χ0) is 24.2. The predicted octanol–water partition coefficient (Wildman–Crippen LogP) is 5.18. The van der Waals surface area contributed by atoms with E-state index in [0.29, 0.717) is 17.4 Å². The van der Waals surface area contributed by atoms with Gasteiger partial charge >= 0.3 is 12.0 Å². The third-order valence-electron chi connectivity index (χ3n) is 6.70. The van der Waals surface area contributed by atoms with Crippen LogP contribution in [0.2, 0.25) is 0 Å². The van der Waals surface area contributed by atoms with Crippen molar-refractivity contribution in [1.29, 1.82) is 0 Å². The number of fused-ring (bicyclic) bond motifs is 2. The van der Waals surface area contributed by atoms with Gasteiger partial charge in [-0.25, -0.2) is 9.78 Å². The summed E-state index contributed by atoms with van der Waals surface area (Å²) in [7, 11) is 0. The molecule has 178 valence electrons. The number of aromatic amines is 1. The summed E-state index contributed by atoms with van der Waals surface area (Å²) in [5, 5.41) is 7.39. The molecule has 1 fully saturated rings. The SMILES string of the molecule is O=C(Oc1ncc[nH]1)C1CSc2c(C3CC3)c(-c3cc(-c4cccc5ccccc45)no3)cc(=O)n21. The van der Waals surface area contributed by atoms with Crippen LogP contribution >= 0.6 is 11.8 Å². The lowest BCUT2D eigenvalue weighted by Crippen LogP contribution is -2.32. The van der Waals surface area contributed by atoms with Crippen LogP contribution in [0.15, 0.2) is 81.3 Å². The standard InChI is InChI=1S/C27H20N4O4S/c32-23-12-19(22-13-20(30-35-22)18-7-3-5-15-4-1-2-6-17(15)18)24(16-8-9-16)25-31(23)21(14-36-25)26(33)34-27-28-10-11-29-27/h1-7,10-13,16,21H,8-9,14H2,(H,28,29). The van der Waals surface area contributed by atoms with Gasteiger partial charge in [-0.15, -0.1) is 11.8 Å². The van der Waals surface area contributed by atoms with Crippen molar-refractivity contribution in [2.24, 2.45) is 0 Å². The van der Waals surface area contributed by atoms with Gasteiger partial charge in [0.2, 0.25) is 0 Å². The summed E-state index contributed by atoms with van der Waals surface area (Å²) in [4.78, 5) is 32.9. The monoisotopic (exact) mass is 496 g/mol. The first kappa shape index (κ1) is 21.2. The number of aromatic nitrogens is 4. The number of esters is 1. The molecule has 9 heteroatoms. The van der Waals surface area contributed by atoms with Crippen molar-refractivity contribution in [3.05, 3.63) is 82.9 Å². The van der Waals surface area contributed by atoms with Gasteiger partial charge in [0.25, 0.3) is 5.56 Å². The lowest BCUT2D eigenvalue weighted by atomic mass is 10.00. The number of thioether (sulfide) groups is 1. The van der Waals surface area contributed by atoms with Gasteiger partial charge in [0.15, 0.2) is 5.76 Å². The van der Waals surface area contributed by atoms with Gasteiger partial charge in [0, 0.05) is 41.4 Å². The number of nitrogens with zero attached hydrogens (tertiary/aromatic N) is 3. The Bertz CT molecular complexity index is 1680. The molecule has 0 spiro atoms. The summed E-state index contributed by atoms with van der Waals surface area (Å²) >= 11 is 1.51. The van der Waals surface area contributed by atoms with Crippen molar-refractivity contribution in [2.75, 3.05) is 5.75 Å². The number of ether oxygens (including phenoxy) is 1. The number of imidazole rings is 1. The first-order valence-electron chi connectivity index (χ1n) is 11.8. The van der Waals surface area contributed by atoms with E-state index in [4.69, 9.17) is 9.26 Å². The molecular weight excluding hydrogens is 476 g/mol. The van der Waals surface area contributed by atoms with Crippen molar-refractivity contribution >= 4 is 28.5 Å². The lowest BCUT2D eigenvalue weighted by Gasteiger charge is -2.15. The highest BCUT2D eigenvalue weighted by Gasteiger charge is 2.39. The molecule has 1 unspecified atom stereocenters. The topological polar surface area (TPSA) is 103 Å². The Morgan fingerprint density at radius 2 is 1.97 bits per heavy atom. The van der Waals surface area contributed by atoms with Crippen molar-refractivity contribution < 1.29 is 14.1 Å². The van der Waals surface area contributed by atoms with Crippen LogP contribution in [0, 0.1) is 0 Å².